The van der Waals surface area contributed by atoms with Gasteiger partial charge in [0, 0.05) is 22.8 Å². The second-order valence-electron chi connectivity index (χ2n) is 2.61. The van der Waals surface area contributed by atoms with Gasteiger partial charge < -0.3 is 14.6 Å². The summed E-state index contributed by atoms with van der Waals surface area (Å²) in [7, 11) is 3.85. The van der Waals surface area contributed by atoms with E-state index in [0.717, 1.165) is 12.1 Å². The Bertz CT molecular complexity index is 443. The fourth-order valence-corrected chi connectivity index (χ4v) is 1.77. The van der Waals surface area contributed by atoms with Crippen LogP contribution >= 0.6 is 10.7 Å². The molecule has 0 saturated heterocycles. The van der Waals surface area contributed by atoms with Crippen molar-refractivity contribution < 1.29 is 23.0 Å². The Morgan fingerprint density at radius 2 is 1.60 bits per heavy atom. The molecule has 0 saturated carbocycles. The Morgan fingerprint density at radius 1 is 1.20 bits per heavy atom. The molecule has 1 N–H and O–H groups in total. The molecule has 0 aromatic heterocycles. The average Bonchev–Trinajstić information content (AvgIpc) is 2.16. The average molecular weight is 253 g/mol. The van der Waals surface area contributed by atoms with E-state index in [1.54, 1.807) is 0 Å². The Morgan fingerprint density at radius 3 is 1.87 bits per heavy atom. The third-order valence-electron chi connectivity index (χ3n) is 1.73. The van der Waals surface area contributed by atoms with Gasteiger partial charge in [-0.1, -0.05) is 0 Å². The highest BCUT2D eigenvalue weighted by Crippen LogP contribution is 2.38. The normalized spacial score (nSPS) is 11.1. The van der Waals surface area contributed by atoms with E-state index >= 15 is 0 Å². The molecule has 0 bridgehead atoms. The van der Waals surface area contributed by atoms with Gasteiger partial charge in [-0.2, -0.15) is 0 Å². The van der Waals surface area contributed by atoms with Crippen LogP contribution in [0.25, 0.3) is 0 Å². The quantitative estimate of drug-likeness (QED) is 0.822. The van der Waals surface area contributed by atoms with Gasteiger partial charge in [0.15, 0.2) is 11.5 Å². The van der Waals surface area contributed by atoms with Crippen LogP contribution in [0.4, 0.5) is 0 Å². The number of aromatic hydroxyl groups is 1. The zero-order valence-corrected chi connectivity index (χ0v) is 9.59. The molecule has 0 fully saturated rings. The van der Waals surface area contributed by atoms with Gasteiger partial charge in [-0.05, 0) is 0 Å². The van der Waals surface area contributed by atoms with Gasteiger partial charge in [-0.3, -0.25) is 0 Å². The Labute approximate surface area is 91.6 Å². The van der Waals surface area contributed by atoms with Crippen LogP contribution in [0.3, 0.4) is 0 Å². The lowest BCUT2D eigenvalue weighted by molar-refractivity contribution is 0.338. The molecule has 84 valence electrons. The van der Waals surface area contributed by atoms with Crippen molar-refractivity contribution in [3.63, 3.8) is 0 Å². The molecule has 0 aliphatic heterocycles. The van der Waals surface area contributed by atoms with Crippen LogP contribution in [-0.4, -0.2) is 27.7 Å². The van der Waals surface area contributed by atoms with Crippen molar-refractivity contribution in [1.82, 2.24) is 0 Å². The minimum atomic E-state index is -3.88. The number of hydrogen-bond donors (Lipinski definition) is 1. The number of halogens is 1. The van der Waals surface area contributed by atoms with Gasteiger partial charge >= 0.3 is 0 Å². The highest BCUT2D eigenvalue weighted by atomic mass is 35.7. The molecule has 0 spiro atoms. The van der Waals surface area contributed by atoms with Crippen LogP contribution in [-0.2, 0) is 9.05 Å². The Balaban J connectivity index is 3.47. The molecule has 0 atom stereocenters. The fourth-order valence-electron chi connectivity index (χ4n) is 1.01. The molecule has 5 nitrogen and oxygen atoms in total. The summed E-state index contributed by atoms with van der Waals surface area (Å²) in [6.45, 7) is 0. The number of benzene rings is 1. The van der Waals surface area contributed by atoms with Crippen LogP contribution in [0, 0.1) is 0 Å². The molecule has 0 unspecified atom stereocenters. The first-order valence-corrected chi connectivity index (χ1v) is 6.10. The Hall–Kier alpha value is -1.14. The molecular weight excluding hydrogens is 244 g/mol. The lowest BCUT2D eigenvalue weighted by Gasteiger charge is -2.09. The molecule has 1 aromatic carbocycles. The zero-order chi connectivity index (χ0) is 11.6. The lowest BCUT2D eigenvalue weighted by Crippen LogP contribution is -1.95. The first-order valence-electron chi connectivity index (χ1n) is 3.79. The van der Waals surface area contributed by atoms with E-state index in [-0.39, 0.29) is 22.1 Å². The predicted molar refractivity (Wildman–Crippen MR) is 54.2 cm³/mol. The van der Waals surface area contributed by atoms with E-state index in [1.165, 1.54) is 14.2 Å². The maximum atomic E-state index is 11.1. The molecule has 1 rings (SSSR count). The molecular formula is C8H9ClO5S. The summed E-state index contributed by atoms with van der Waals surface area (Å²) < 4.78 is 31.6. The molecule has 0 radical (unpaired) electrons. The van der Waals surface area contributed by atoms with E-state index < -0.39 is 9.05 Å². The molecule has 0 aliphatic rings. The van der Waals surface area contributed by atoms with Crippen LogP contribution < -0.4 is 9.47 Å². The number of phenolic OH excluding ortho intramolecular Hbond substituents is 1. The van der Waals surface area contributed by atoms with Gasteiger partial charge in [0.05, 0.1) is 19.1 Å². The van der Waals surface area contributed by atoms with Crippen molar-refractivity contribution in [2.45, 2.75) is 4.90 Å². The van der Waals surface area contributed by atoms with Crippen LogP contribution in [0.15, 0.2) is 17.0 Å². The second kappa shape index (κ2) is 4.16. The monoisotopic (exact) mass is 252 g/mol. The summed E-state index contributed by atoms with van der Waals surface area (Å²) in [6, 6.07) is 2.22. The number of rotatable bonds is 3. The summed E-state index contributed by atoms with van der Waals surface area (Å²) in [5.74, 6) is -0.314. The standard InChI is InChI=1S/C8H9ClO5S/c1-13-6-3-5(15(9,11)12)4-7(14-2)8(6)10/h3-4,10H,1-2H3. The van der Waals surface area contributed by atoms with Crippen LogP contribution in [0.2, 0.25) is 0 Å². The van der Waals surface area contributed by atoms with Gasteiger partial charge in [0.25, 0.3) is 9.05 Å². The van der Waals surface area contributed by atoms with Crippen molar-refractivity contribution in [3.05, 3.63) is 12.1 Å². The summed E-state index contributed by atoms with van der Waals surface area (Å²) >= 11 is 0. The molecule has 0 aliphatic carbocycles. The first kappa shape index (κ1) is 11.9. The second-order valence-corrected chi connectivity index (χ2v) is 5.18. The van der Waals surface area contributed by atoms with E-state index in [4.69, 9.17) is 20.2 Å². The first-order chi connectivity index (χ1) is 6.90. The summed E-state index contributed by atoms with van der Waals surface area (Å²) in [4.78, 5) is -0.198. The zero-order valence-electron chi connectivity index (χ0n) is 8.02. The van der Waals surface area contributed by atoms with Crippen molar-refractivity contribution in [1.29, 1.82) is 0 Å². The molecule has 7 heteroatoms. The lowest BCUT2D eigenvalue weighted by atomic mass is 10.3. The number of methoxy groups -OCH3 is 2. The van der Waals surface area contributed by atoms with E-state index in [2.05, 4.69) is 0 Å². The highest BCUT2D eigenvalue weighted by molar-refractivity contribution is 8.13. The molecule has 1 aromatic rings. The number of hydrogen-bond acceptors (Lipinski definition) is 5. The van der Waals surface area contributed by atoms with Crippen LogP contribution in [0.5, 0.6) is 17.2 Å². The minimum Gasteiger partial charge on any atom is -0.502 e. The summed E-state index contributed by atoms with van der Waals surface area (Å²) in [5, 5.41) is 9.49. The highest BCUT2D eigenvalue weighted by Gasteiger charge is 2.18. The molecule has 15 heavy (non-hydrogen) atoms. The number of ether oxygens (including phenoxy) is 2. The van der Waals surface area contributed by atoms with Gasteiger partial charge in [0.2, 0.25) is 5.75 Å². The summed E-state index contributed by atoms with van der Waals surface area (Å²) in [6.07, 6.45) is 0. The largest absolute Gasteiger partial charge is 0.502 e. The Kier molecular flexibility index (Phi) is 3.31. The van der Waals surface area contributed by atoms with Gasteiger partial charge in [0.1, 0.15) is 0 Å². The van der Waals surface area contributed by atoms with Crippen molar-refractivity contribution in [3.8, 4) is 17.2 Å². The van der Waals surface area contributed by atoms with Crippen molar-refractivity contribution >= 4 is 19.7 Å². The third-order valence-corrected chi connectivity index (χ3v) is 3.07. The SMILES string of the molecule is COc1cc(S(=O)(=O)Cl)cc(OC)c1O. The molecule has 0 heterocycles. The maximum Gasteiger partial charge on any atom is 0.261 e. The van der Waals surface area contributed by atoms with Crippen molar-refractivity contribution in [2.75, 3.05) is 14.2 Å². The van der Waals surface area contributed by atoms with Gasteiger partial charge in [-0.15, -0.1) is 0 Å². The van der Waals surface area contributed by atoms with Crippen LogP contribution in [0.1, 0.15) is 0 Å². The van der Waals surface area contributed by atoms with Gasteiger partial charge in [-0.25, -0.2) is 8.42 Å². The predicted octanol–water partition coefficient (Wildman–Crippen LogP) is 1.34. The smallest absolute Gasteiger partial charge is 0.261 e. The van der Waals surface area contributed by atoms with E-state index in [1.807, 2.05) is 0 Å². The third kappa shape index (κ3) is 2.45. The maximum absolute atomic E-state index is 11.1. The van der Waals surface area contributed by atoms with E-state index in [9.17, 15) is 13.5 Å². The number of phenols is 1. The fraction of sp³-hybridized carbons (Fsp3) is 0.250. The van der Waals surface area contributed by atoms with Crippen molar-refractivity contribution in [2.24, 2.45) is 0 Å². The molecule has 0 amide bonds. The van der Waals surface area contributed by atoms with E-state index in [0.29, 0.717) is 0 Å². The summed E-state index contributed by atoms with van der Waals surface area (Å²) in [5.41, 5.74) is 0. The topological polar surface area (TPSA) is 72.8 Å². The minimum absolute atomic E-state index is 0.0198.